The van der Waals surface area contributed by atoms with Gasteiger partial charge in [-0.15, -0.1) is 0 Å². The molecule has 90 valence electrons. The highest BCUT2D eigenvalue weighted by atomic mass is 16.5. The first-order chi connectivity index (χ1) is 8.42. The molecule has 0 aliphatic rings. The van der Waals surface area contributed by atoms with E-state index >= 15 is 0 Å². The lowest BCUT2D eigenvalue weighted by Crippen LogP contribution is -2.00. The molecule has 1 aromatic heterocycles. The standard InChI is InChI=1S/C14H18N2O/c1-2-3-4-7-10-17-14-12-8-5-6-9-13(12)15-11-16-14/h5-6,8-9,11H,2-4,7,10H2,1H3. The van der Waals surface area contributed by atoms with Crippen molar-refractivity contribution in [3.05, 3.63) is 30.6 Å². The number of ether oxygens (including phenoxy) is 1. The van der Waals surface area contributed by atoms with Crippen molar-refractivity contribution < 1.29 is 4.74 Å². The predicted molar refractivity (Wildman–Crippen MR) is 69.2 cm³/mol. The fourth-order valence-electron chi connectivity index (χ4n) is 1.79. The number of hydrogen-bond donors (Lipinski definition) is 0. The van der Waals surface area contributed by atoms with Crippen molar-refractivity contribution in [2.45, 2.75) is 32.6 Å². The molecular weight excluding hydrogens is 212 g/mol. The van der Waals surface area contributed by atoms with Crippen molar-refractivity contribution in [2.24, 2.45) is 0 Å². The number of rotatable bonds is 6. The van der Waals surface area contributed by atoms with E-state index in [1.54, 1.807) is 6.33 Å². The normalized spacial score (nSPS) is 10.6. The van der Waals surface area contributed by atoms with Crippen molar-refractivity contribution in [1.29, 1.82) is 0 Å². The van der Waals surface area contributed by atoms with E-state index in [0.29, 0.717) is 5.88 Å². The average molecular weight is 230 g/mol. The molecule has 0 fully saturated rings. The van der Waals surface area contributed by atoms with Crippen LogP contribution in [0.4, 0.5) is 0 Å². The van der Waals surface area contributed by atoms with Gasteiger partial charge in [-0.1, -0.05) is 38.3 Å². The van der Waals surface area contributed by atoms with Crippen LogP contribution in [0.15, 0.2) is 30.6 Å². The van der Waals surface area contributed by atoms with Crippen molar-refractivity contribution in [3.63, 3.8) is 0 Å². The van der Waals surface area contributed by atoms with E-state index < -0.39 is 0 Å². The molecular formula is C14H18N2O. The van der Waals surface area contributed by atoms with Gasteiger partial charge in [0.1, 0.15) is 6.33 Å². The Labute approximate surface area is 102 Å². The molecule has 2 rings (SSSR count). The Morgan fingerprint density at radius 1 is 1.06 bits per heavy atom. The molecule has 17 heavy (non-hydrogen) atoms. The second kappa shape index (κ2) is 6.18. The quantitative estimate of drug-likeness (QED) is 0.711. The van der Waals surface area contributed by atoms with Gasteiger partial charge in [0.2, 0.25) is 5.88 Å². The van der Waals surface area contributed by atoms with Crippen LogP contribution in [-0.4, -0.2) is 16.6 Å². The molecule has 0 N–H and O–H groups in total. The number of hydrogen-bond acceptors (Lipinski definition) is 3. The third-order valence-electron chi connectivity index (χ3n) is 2.74. The Kier molecular flexibility index (Phi) is 4.30. The molecule has 0 aliphatic carbocycles. The van der Waals surface area contributed by atoms with Gasteiger partial charge in [0.05, 0.1) is 17.5 Å². The van der Waals surface area contributed by atoms with Crippen LogP contribution >= 0.6 is 0 Å². The highest BCUT2D eigenvalue weighted by Gasteiger charge is 2.03. The molecule has 0 unspecified atom stereocenters. The van der Waals surface area contributed by atoms with Crippen LogP contribution in [-0.2, 0) is 0 Å². The lowest BCUT2D eigenvalue weighted by atomic mass is 10.2. The third kappa shape index (κ3) is 3.16. The summed E-state index contributed by atoms with van der Waals surface area (Å²) in [6.45, 7) is 2.94. The minimum absolute atomic E-state index is 0.701. The zero-order valence-corrected chi connectivity index (χ0v) is 10.2. The van der Waals surface area contributed by atoms with Crippen LogP contribution in [0.1, 0.15) is 32.6 Å². The summed E-state index contributed by atoms with van der Waals surface area (Å²) in [5.74, 6) is 0.701. The van der Waals surface area contributed by atoms with Crippen LogP contribution in [0.5, 0.6) is 5.88 Å². The van der Waals surface area contributed by atoms with E-state index in [4.69, 9.17) is 4.74 Å². The number of benzene rings is 1. The maximum absolute atomic E-state index is 5.71. The highest BCUT2D eigenvalue weighted by Crippen LogP contribution is 2.20. The summed E-state index contributed by atoms with van der Waals surface area (Å²) in [7, 11) is 0. The molecule has 0 saturated heterocycles. The van der Waals surface area contributed by atoms with Gasteiger partial charge < -0.3 is 4.74 Å². The summed E-state index contributed by atoms with van der Waals surface area (Å²) in [5.41, 5.74) is 0.936. The third-order valence-corrected chi connectivity index (χ3v) is 2.74. The molecule has 2 aromatic rings. The molecule has 3 heteroatoms. The maximum Gasteiger partial charge on any atom is 0.224 e. The van der Waals surface area contributed by atoms with E-state index in [0.717, 1.165) is 23.9 Å². The molecule has 0 aliphatic heterocycles. The van der Waals surface area contributed by atoms with E-state index in [9.17, 15) is 0 Å². The lowest BCUT2D eigenvalue weighted by Gasteiger charge is -2.07. The molecule has 1 aromatic carbocycles. The lowest BCUT2D eigenvalue weighted by molar-refractivity contribution is 0.297. The number of aromatic nitrogens is 2. The summed E-state index contributed by atoms with van der Waals surface area (Å²) < 4.78 is 5.71. The van der Waals surface area contributed by atoms with Crippen molar-refractivity contribution >= 4 is 10.9 Å². The first-order valence-corrected chi connectivity index (χ1v) is 6.24. The fraction of sp³-hybridized carbons (Fsp3) is 0.429. The van der Waals surface area contributed by atoms with E-state index in [-0.39, 0.29) is 0 Å². The molecule has 0 saturated carbocycles. The van der Waals surface area contributed by atoms with Crippen molar-refractivity contribution in [2.75, 3.05) is 6.61 Å². The van der Waals surface area contributed by atoms with Crippen LogP contribution in [0.2, 0.25) is 0 Å². The smallest absolute Gasteiger partial charge is 0.224 e. The Bertz CT molecular complexity index is 465. The monoisotopic (exact) mass is 230 g/mol. The molecule has 0 spiro atoms. The Morgan fingerprint density at radius 2 is 1.94 bits per heavy atom. The van der Waals surface area contributed by atoms with E-state index in [1.807, 2.05) is 24.3 Å². The van der Waals surface area contributed by atoms with Gasteiger partial charge in [0, 0.05) is 0 Å². The van der Waals surface area contributed by atoms with Crippen LogP contribution < -0.4 is 4.74 Å². The van der Waals surface area contributed by atoms with Gasteiger partial charge in [-0.2, -0.15) is 0 Å². The SMILES string of the molecule is CCCCCCOc1ncnc2ccccc12. The Balaban J connectivity index is 1.98. The van der Waals surface area contributed by atoms with E-state index in [1.165, 1.54) is 19.3 Å². The summed E-state index contributed by atoms with van der Waals surface area (Å²) in [4.78, 5) is 8.40. The highest BCUT2D eigenvalue weighted by molar-refractivity contribution is 5.82. The summed E-state index contributed by atoms with van der Waals surface area (Å²) in [6.07, 6.45) is 6.39. The maximum atomic E-state index is 5.71. The number of para-hydroxylation sites is 1. The largest absolute Gasteiger partial charge is 0.477 e. The average Bonchev–Trinajstić information content (AvgIpc) is 2.39. The summed E-state index contributed by atoms with van der Waals surface area (Å²) in [5, 5.41) is 0.991. The van der Waals surface area contributed by atoms with Crippen LogP contribution in [0, 0.1) is 0 Å². The Hall–Kier alpha value is -1.64. The van der Waals surface area contributed by atoms with Gasteiger partial charge in [-0.05, 0) is 18.6 Å². The second-order valence-corrected chi connectivity index (χ2v) is 4.11. The predicted octanol–water partition coefficient (Wildman–Crippen LogP) is 3.59. The van der Waals surface area contributed by atoms with Gasteiger partial charge in [-0.25, -0.2) is 9.97 Å². The molecule has 0 amide bonds. The van der Waals surface area contributed by atoms with Crippen LogP contribution in [0.25, 0.3) is 10.9 Å². The molecule has 0 atom stereocenters. The zero-order chi connectivity index (χ0) is 11.9. The summed E-state index contributed by atoms with van der Waals surface area (Å²) in [6, 6.07) is 7.92. The van der Waals surface area contributed by atoms with Gasteiger partial charge in [0.15, 0.2) is 0 Å². The minimum atomic E-state index is 0.701. The first-order valence-electron chi connectivity index (χ1n) is 6.24. The van der Waals surface area contributed by atoms with Gasteiger partial charge in [0.25, 0.3) is 0 Å². The molecule has 0 radical (unpaired) electrons. The number of fused-ring (bicyclic) bond motifs is 1. The van der Waals surface area contributed by atoms with Gasteiger partial charge >= 0.3 is 0 Å². The zero-order valence-electron chi connectivity index (χ0n) is 10.2. The first kappa shape index (κ1) is 11.8. The molecule has 0 bridgehead atoms. The van der Waals surface area contributed by atoms with Crippen molar-refractivity contribution in [1.82, 2.24) is 9.97 Å². The fourth-order valence-corrected chi connectivity index (χ4v) is 1.79. The number of nitrogens with zero attached hydrogens (tertiary/aromatic N) is 2. The minimum Gasteiger partial charge on any atom is -0.477 e. The molecule has 1 heterocycles. The number of unbranched alkanes of at least 4 members (excludes halogenated alkanes) is 3. The van der Waals surface area contributed by atoms with Crippen LogP contribution in [0.3, 0.4) is 0 Å². The van der Waals surface area contributed by atoms with Gasteiger partial charge in [-0.3, -0.25) is 0 Å². The topological polar surface area (TPSA) is 35.0 Å². The summed E-state index contributed by atoms with van der Waals surface area (Å²) >= 11 is 0. The molecule has 3 nitrogen and oxygen atoms in total. The van der Waals surface area contributed by atoms with E-state index in [2.05, 4.69) is 16.9 Å². The van der Waals surface area contributed by atoms with Crippen molar-refractivity contribution in [3.8, 4) is 5.88 Å². The Morgan fingerprint density at radius 3 is 2.82 bits per heavy atom. The second-order valence-electron chi connectivity index (χ2n) is 4.11.